The first-order valence-electron chi connectivity index (χ1n) is 6.28. The molecule has 20 heavy (non-hydrogen) atoms. The van der Waals surface area contributed by atoms with Crippen molar-refractivity contribution in [3.8, 4) is 5.75 Å². The summed E-state index contributed by atoms with van der Waals surface area (Å²) in [6.07, 6.45) is -0.304. The summed E-state index contributed by atoms with van der Waals surface area (Å²) in [7, 11) is 1.60. The van der Waals surface area contributed by atoms with Crippen LogP contribution in [-0.4, -0.2) is 12.2 Å². The summed E-state index contributed by atoms with van der Waals surface area (Å²) >= 11 is 12.2. The molecular weight excluding hydrogens is 295 g/mol. The Morgan fingerprint density at radius 1 is 1.20 bits per heavy atom. The Morgan fingerprint density at radius 2 is 1.95 bits per heavy atom. The van der Waals surface area contributed by atoms with Crippen molar-refractivity contribution in [2.75, 3.05) is 7.11 Å². The molecule has 0 aliphatic rings. The van der Waals surface area contributed by atoms with E-state index in [0.717, 1.165) is 11.1 Å². The topological polar surface area (TPSA) is 29.5 Å². The minimum Gasteiger partial charge on any atom is -0.496 e. The Labute approximate surface area is 128 Å². The van der Waals surface area contributed by atoms with E-state index in [1.54, 1.807) is 25.3 Å². The van der Waals surface area contributed by atoms with Gasteiger partial charge in [0.15, 0.2) is 0 Å². The minimum atomic E-state index is -0.699. The van der Waals surface area contributed by atoms with E-state index in [-0.39, 0.29) is 0 Å². The summed E-state index contributed by atoms with van der Waals surface area (Å²) in [4.78, 5) is 0. The molecule has 0 fully saturated rings. The van der Waals surface area contributed by atoms with Crippen LogP contribution in [0.3, 0.4) is 0 Å². The second-order valence-electron chi connectivity index (χ2n) is 4.65. The average molecular weight is 311 g/mol. The highest BCUT2D eigenvalue weighted by Gasteiger charge is 2.16. The third-order valence-electron chi connectivity index (χ3n) is 3.24. The SMILES string of the molecule is COc1ccc(Cl)cc1CC(O)c1cccc(C)c1Cl. The van der Waals surface area contributed by atoms with Gasteiger partial charge in [0.25, 0.3) is 0 Å². The minimum absolute atomic E-state index is 0.396. The van der Waals surface area contributed by atoms with Crippen LogP contribution >= 0.6 is 23.2 Å². The smallest absolute Gasteiger partial charge is 0.122 e. The summed E-state index contributed by atoms with van der Waals surface area (Å²) < 4.78 is 5.29. The summed E-state index contributed by atoms with van der Waals surface area (Å²) in [5.41, 5.74) is 2.51. The van der Waals surface area contributed by atoms with Gasteiger partial charge in [0.2, 0.25) is 0 Å². The maximum absolute atomic E-state index is 10.4. The Hall–Kier alpha value is -1.22. The van der Waals surface area contributed by atoms with E-state index in [1.165, 1.54) is 0 Å². The van der Waals surface area contributed by atoms with E-state index in [2.05, 4.69) is 0 Å². The second-order valence-corrected chi connectivity index (χ2v) is 5.47. The fourth-order valence-electron chi connectivity index (χ4n) is 2.15. The van der Waals surface area contributed by atoms with Gasteiger partial charge >= 0.3 is 0 Å². The van der Waals surface area contributed by atoms with Gasteiger partial charge in [0, 0.05) is 16.5 Å². The molecule has 2 rings (SSSR count). The van der Waals surface area contributed by atoms with Gasteiger partial charge in [-0.05, 0) is 41.8 Å². The van der Waals surface area contributed by atoms with Gasteiger partial charge < -0.3 is 9.84 Å². The quantitative estimate of drug-likeness (QED) is 0.895. The van der Waals surface area contributed by atoms with Gasteiger partial charge in [0.1, 0.15) is 5.75 Å². The van der Waals surface area contributed by atoms with E-state index in [0.29, 0.717) is 27.8 Å². The van der Waals surface area contributed by atoms with Crippen molar-refractivity contribution in [1.29, 1.82) is 0 Å². The summed E-state index contributed by atoms with van der Waals surface area (Å²) in [5, 5.41) is 11.6. The van der Waals surface area contributed by atoms with Crippen LogP contribution in [0.4, 0.5) is 0 Å². The van der Waals surface area contributed by atoms with E-state index >= 15 is 0 Å². The first-order valence-corrected chi connectivity index (χ1v) is 7.04. The molecule has 2 aromatic carbocycles. The van der Waals surface area contributed by atoms with Crippen LogP contribution in [0.25, 0.3) is 0 Å². The van der Waals surface area contributed by atoms with Gasteiger partial charge in [-0.3, -0.25) is 0 Å². The lowest BCUT2D eigenvalue weighted by atomic mass is 9.99. The van der Waals surface area contributed by atoms with Crippen LogP contribution < -0.4 is 4.74 Å². The van der Waals surface area contributed by atoms with Crippen molar-refractivity contribution in [2.45, 2.75) is 19.4 Å². The lowest BCUT2D eigenvalue weighted by molar-refractivity contribution is 0.177. The van der Waals surface area contributed by atoms with Gasteiger partial charge in [-0.25, -0.2) is 0 Å². The Kier molecular flexibility index (Phi) is 4.92. The molecule has 0 amide bonds. The highest BCUT2D eigenvalue weighted by molar-refractivity contribution is 6.32. The molecule has 0 spiro atoms. The number of ether oxygens (including phenoxy) is 1. The van der Waals surface area contributed by atoms with Crippen LogP contribution in [-0.2, 0) is 6.42 Å². The molecule has 2 aromatic rings. The third kappa shape index (κ3) is 3.26. The number of halogens is 2. The number of aliphatic hydroxyl groups is 1. The third-order valence-corrected chi connectivity index (χ3v) is 3.99. The zero-order valence-corrected chi connectivity index (χ0v) is 12.9. The second kappa shape index (κ2) is 6.49. The van der Waals surface area contributed by atoms with E-state index < -0.39 is 6.10 Å². The van der Waals surface area contributed by atoms with Gasteiger partial charge in [0.05, 0.1) is 13.2 Å². The van der Waals surface area contributed by atoms with Crippen molar-refractivity contribution in [3.63, 3.8) is 0 Å². The monoisotopic (exact) mass is 310 g/mol. The molecule has 1 atom stereocenters. The van der Waals surface area contributed by atoms with Crippen molar-refractivity contribution < 1.29 is 9.84 Å². The molecule has 0 aliphatic heterocycles. The molecule has 0 aromatic heterocycles. The maximum Gasteiger partial charge on any atom is 0.122 e. The highest BCUT2D eigenvalue weighted by Crippen LogP contribution is 2.31. The fraction of sp³-hybridized carbons (Fsp3) is 0.250. The Balaban J connectivity index is 2.30. The molecule has 106 valence electrons. The van der Waals surface area contributed by atoms with Gasteiger partial charge in [-0.15, -0.1) is 0 Å². The predicted molar refractivity (Wildman–Crippen MR) is 82.9 cm³/mol. The van der Waals surface area contributed by atoms with Crippen molar-refractivity contribution >= 4 is 23.2 Å². The van der Waals surface area contributed by atoms with Crippen LogP contribution in [0.2, 0.25) is 10.0 Å². The molecule has 2 nitrogen and oxygen atoms in total. The predicted octanol–water partition coefficient (Wildman–Crippen LogP) is 4.59. The number of aliphatic hydroxyl groups excluding tert-OH is 1. The van der Waals surface area contributed by atoms with Crippen LogP contribution in [0.1, 0.15) is 22.8 Å². The lowest BCUT2D eigenvalue weighted by Gasteiger charge is -2.16. The molecule has 0 radical (unpaired) electrons. The van der Waals surface area contributed by atoms with Crippen molar-refractivity contribution in [2.24, 2.45) is 0 Å². The molecule has 0 heterocycles. The highest BCUT2D eigenvalue weighted by atomic mass is 35.5. The van der Waals surface area contributed by atoms with E-state index in [4.69, 9.17) is 27.9 Å². The summed E-state index contributed by atoms with van der Waals surface area (Å²) in [6.45, 7) is 1.92. The first-order chi connectivity index (χ1) is 9.52. The average Bonchev–Trinajstić information content (AvgIpc) is 2.42. The van der Waals surface area contributed by atoms with Crippen molar-refractivity contribution in [1.82, 2.24) is 0 Å². The van der Waals surface area contributed by atoms with Gasteiger partial charge in [-0.1, -0.05) is 41.4 Å². The molecule has 0 bridgehead atoms. The zero-order valence-electron chi connectivity index (χ0n) is 11.4. The van der Waals surface area contributed by atoms with E-state index in [9.17, 15) is 5.11 Å². The number of hydrogen-bond donors (Lipinski definition) is 1. The molecule has 0 saturated carbocycles. The van der Waals surface area contributed by atoms with Gasteiger partial charge in [-0.2, -0.15) is 0 Å². The summed E-state index contributed by atoms with van der Waals surface area (Å²) in [6, 6.07) is 11.0. The molecular formula is C16H16Cl2O2. The first kappa shape index (κ1) is 15.2. The molecule has 0 aliphatic carbocycles. The molecule has 0 saturated heterocycles. The standard InChI is InChI=1S/C16H16Cl2O2/c1-10-4-3-5-13(16(10)18)14(19)9-11-8-12(17)6-7-15(11)20-2/h3-8,14,19H,9H2,1-2H3. The Bertz CT molecular complexity index is 611. The van der Waals surface area contributed by atoms with Crippen LogP contribution in [0, 0.1) is 6.92 Å². The van der Waals surface area contributed by atoms with Crippen LogP contribution in [0.5, 0.6) is 5.75 Å². The largest absolute Gasteiger partial charge is 0.496 e. The number of aryl methyl sites for hydroxylation is 1. The molecule has 1 unspecified atom stereocenters. The number of benzene rings is 2. The zero-order chi connectivity index (χ0) is 14.7. The number of rotatable bonds is 4. The van der Waals surface area contributed by atoms with Crippen molar-refractivity contribution in [3.05, 3.63) is 63.1 Å². The fourth-order valence-corrected chi connectivity index (χ4v) is 2.60. The maximum atomic E-state index is 10.4. The molecule has 1 N–H and O–H groups in total. The lowest BCUT2D eigenvalue weighted by Crippen LogP contribution is -2.04. The van der Waals surface area contributed by atoms with Crippen LogP contribution in [0.15, 0.2) is 36.4 Å². The number of hydrogen-bond acceptors (Lipinski definition) is 2. The Morgan fingerprint density at radius 3 is 2.65 bits per heavy atom. The number of methoxy groups -OCH3 is 1. The normalized spacial score (nSPS) is 12.2. The summed E-state index contributed by atoms with van der Waals surface area (Å²) in [5.74, 6) is 0.706. The molecule has 4 heteroatoms. The van der Waals surface area contributed by atoms with E-state index in [1.807, 2.05) is 25.1 Å².